The SMILES string of the molecule is C[C@@H](NC(=O)c1cccc(-c2nccs2)c1)c1nncn1C1CCCC1. The molecule has 0 spiro atoms. The lowest BCUT2D eigenvalue weighted by molar-refractivity contribution is 0.0937. The number of thiazole rings is 1. The van der Waals surface area contributed by atoms with Crippen molar-refractivity contribution in [1.82, 2.24) is 25.1 Å². The van der Waals surface area contributed by atoms with Crippen LogP contribution in [0.4, 0.5) is 0 Å². The van der Waals surface area contributed by atoms with E-state index < -0.39 is 0 Å². The molecule has 1 N–H and O–H groups in total. The molecule has 1 atom stereocenters. The van der Waals surface area contributed by atoms with Crippen molar-refractivity contribution in [2.24, 2.45) is 0 Å². The minimum absolute atomic E-state index is 0.114. The van der Waals surface area contributed by atoms with Crippen molar-refractivity contribution in [3.05, 3.63) is 53.6 Å². The Morgan fingerprint density at radius 2 is 2.19 bits per heavy atom. The number of hydrogen-bond donors (Lipinski definition) is 1. The fourth-order valence-corrected chi connectivity index (χ4v) is 4.16. The van der Waals surface area contributed by atoms with Crippen LogP contribution >= 0.6 is 11.3 Å². The van der Waals surface area contributed by atoms with Gasteiger partial charge in [0.2, 0.25) is 0 Å². The van der Waals surface area contributed by atoms with Crippen LogP contribution in [0, 0.1) is 0 Å². The molecule has 0 unspecified atom stereocenters. The summed E-state index contributed by atoms with van der Waals surface area (Å²) >= 11 is 1.56. The summed E-state index contributed by atoms with van der Waals surface area (Å²) in [7, 11) is 0. The van der Waals surface area contributed by atoms with Crippen LogP contribution in [0.15, 0.2) is 42.2 Å². The molecule has 3 aromatic rings. The summed E-state index contributed by atoms with van der Waals surface area (Å²) in [5.41, 5.74) is 1.57. The Kier molecular flexibility index (Phi) is 4.79. The van der Waals surface area contributed by atoms with Crippen molar-refractivity contribution in [2.75, 3.05) is 0 Å². The Morgan fingerprint density at radius 3 is 2.96 bits per heavy atom. The van der Waals surface area contributed by atoms with Gasteiger partial charge in [-0.15, -0.1) is 21.5 Å². The average Bonchev–Trinajstić information content (AvgIpc) is 3.43. The van der Waals surface area contributed by atoms with Gasteiger partial charge in [0, 0.05) is 28.7 Å². The van der Waals surface area contributed by atoms with E-state index in [2.05, 4.69) is 25.1 Å². The van der Waals surface area contributed by atoms with Gasteiger partial charge in [-0.05, 0) is 31.9 Å². The Bertz CT molecular complexity index is 883. The topological polar surface area (TPSA) is 72.7 Å². The van der Waals surface area contributed by atoms with Crippen molar-refractivity contribution >= 4 is 17.2 Å². The standard InChI is InChI=1S/C19H21N5OS/c1-13(17-23-21-12-24(17)16-7-2-3-8-16)22-18(25)14-5-4-6-15(11-14)19-20-9-10-26-19/h4-6,9-13,16H,2-3,7-8H2,1H3,(H,22,25)/t13-/m1/s1. The molecule has 1 aliphatic rings. The summed E-state index contributed by atoms with van der Waals surface area (Å²) in [6.07, 6.45) is 8.35. The molecule has 0 saturated heterocycles. The average molecular weight is 367 g/mol. The Hall–Kier alpha value is -2.54. The van der Waals surface area contributed by atoms with Gasteiger partial charge >= 0.3 is 0 Å². The zero-order valence-electron chi connectivity index (χ0n) is 14.6. The number of aromatic nitrogens is 4. The zero-order chi connectivity index (χ0) is 17.9. The molecule has 1 aliphatic carbocycles. The van der Waals surface area contributed by atoms with Gasteiger partial charge in [-0.1, -0.05) is 25.0 Å². The van der Waals surface area contributed by atoms with E-state index in [1.54, 1.807) is 23.9 Å². The summed E-state index contributed by atoms with van der Waals surface area (Å²) in [5, 5.41) is 14.2. The second-order valence-electron chi connectivity index (χ2n) is 6.65. The molecular formula is C19H21N5OS. The van der Waals surface area contributed by atoms with Crippen molar-refractivity contribution in [3.8, 4) is 10.6 Å². The van der Waals surface area contributed by atoms with E-state index >= 15 is 0 Å². The van der Waals surface area contributed by atoms with Crippen LogP contribution in [0.2, 0.25) is 0 Å². The van der Waals surface area contributed by atoms with E-state index in [1.807, 2.05) is 36.6 Å². The van der Waals surface area contributed by atoms with Crippen LogP contribution in [0.5, 0.6) is 0 Å². The Balaban J connectivity index is 1.50. The van der Waals surface area contributed by atoms with Crippen LogP contribution in [0.25, 0.3) is 10.6 Å². The highest BCUT2D eigenvalue weighted by molar-refractivity contribution is 7.13. The van der Waals surface area contributed by atoms with E-state index in [4.69, 9.17) is 0 Å². The largest absolute Gasteiger partial charge is 0.342 e. The minimum Gasteiger partial charge on any atom is -0.342 e. The summed E-state index contributed by atoms with van der Waals surface area (Å²) in [6, 6.07) is 7.80. The van der Waals surface area contributed by atoms with E-state index in [-0.39, 0.29) is 11.9 Å². The number of carbonyl (C=O) groups excluding carboxylic acids is 1. The smallest absolute Gasteiger partial charge is 0.251 e. The Labute approximate surface area is 156 Å². The van der Waals surface area contributed by atoms with Crippen LogP contribution < -0.4 is 5.32 Å². The number of rotatable bonds is 5. The molecule has 4 rings (SSSR count). The molecule has 0 aliphatic heterocycles. The summed E-state index contributed by atoms with van der Waals surface area (Å²) in [5.74, 6) is 0.707. The minimum atomic E-state index is -0.200. The maximum Gasteiger partial charge on any atom is 0.251 e. The molecular weight excluding hydrogens is 346 g/mol. The number of hydrogen-bond acceptors (Lipinski definition) is 5. The van der Waals surface area contributed by atoms with Crippen LogP contribution in [-0.4, -0.2) is 25.7 Å². The normalized spacial score (nSPS) is 15.9. The molecule has 0 bridgehead atoms. The highest BCUT2D eigenvalue weighted by Crippen LogP contribution is 2.31. The van der Waals surface area contributed by atoms with Crippen molar-refractivity contribution in [1.29, 1.82) is 0 Å². The number of nitrogens with zero attached hydrogens (tertiary/aromatic N) is 4. The molecule has 7 heteroatoms. The first-order chi connectivity index (χ1) is 12.7. The quantitative estimate of drug-likeness (QED) is 0.739. The molecule has 1 amide bonds. The highest BCUT2D eigenvalue weighted by atomic mass is 32.1. The maximum absolute atomic E-state index is 12.7. The molecule has 0 radical (unpaired) electrons. The number of carbonyl (C=O) groups is 1. The first kappa shape index (κ1) is 16.9. The molecule has 26 heavy (non-hydrogen) atoms. The fourth-order valence-electron chi connectivity index (χ4n) is 3.53. The van der Waals surface area contributed by atoms with E-state index in [9.17, 15) is 4.79 Å². The van der Waals surface area contributed by atoms with Gasteiger partial charge in [-0.2, -0.15) is 0 Å². The van der Waals surface area contributed by atoms with Crippen LogP contribution in [-0.2, 0) is 0 Å². The van der Waals surface area contributed by atoms with Crippen molar-refractivity contribution < 1.29 is 4.79 Å². The van der Waals surface area contributed by atoms with Gasteiger partial charge in [0.05, 0.1) is 6.04 Å². The first-order valence-corrected chi connectivity index (χ1v) is 9.80. The first-order valence-electron chi connectivity index (χ1n) is 8.92. The molecule has 6 nitrogen and oxygen atoms in total. The van der Waals surface area contributed by atoms with Crippen LogP contribution in [0.1, 0.15) is 60.9 Å². The highest BCUT2D eigenvalue weighted by Gasteiger charge is 2.23. The van der Waals surface area contributed by atoms with E-state index in [0.717, 1.165) is 29.2 Å². The summed E-state index contributed by atoms with van der Waals surface area (Å²) in [6.45, 7) is 1.96. The van der Waals surface area contributed by atoms with Gasteiger partial charge in [-0.3, -0.25) is 4.79 Å². The number of amides is 1. The molecule has 1 saturated carbocycles. The summed E-state index contributed by atoms with van der Waals surface area (Å²) in [4.78, 5) is 17.0. The zero-order valence-corrected chi connectivity index (χ0v) is 15.4. The number of benzene rings is 1. The molecule has 2 aromatic heterocycles. The predicted octanol–water partition coefficient (Wildman–Crippen LogP) is 4.01. The van der Waals surface area contributed by atoms with Gasteiger partial charge in [0.25, 0.3) is 5.91 Å². The van der Waals surface area contributed by atoms with Crippen molar-refractivity contribution in [3.63, 3.8) is 0 Å². The third-order valence-electron chi connectivity index (χ3n) is 4.86. The van der Waals surface area contributed by atoms with Crippen molar-refractivity contribution in [2.45, 2.75) is 44.7 Å². The fraction of sp³-hybridized carbons (Fsp3) is 0.368. The van der Waals surface area contributed by atoms with Gasteiger partial charge in [-0.25, -0.2) is 4.98 Å². The lowest BCUT2D eigenvalue weighted by Gasteiger charge is -2.18. The third kappa shape index (κ3) is 3.39. The second kappa shape index (κ2) is 7.37. The molecule has 1 fully saturated rings. The molecule has 2 heterocycles. The monoisotopic (exact) mass is 367 g/mol. The lowest BCUT2D eigenvalue weighted by Crippen LogP contribution is -2.29. The third-order valence-corrected chi connectivity index (χ3v) is 5.68. The van der Waals surface area contributed by atoms with Gasteiger partial charge in [0.1, 0.15) is 11.3 Å². The van der Waals surface area contributed by atoms with E-state index in [0.29, 0.717) is 11.6 Å². The van der Waals surface area contributed by atoms with Gasteiger partial charge < -0.3 is 9.88 Å². The maximum atomic E-state index is 12.7. The molecule has 1 aromatic carbocycles. The second-order valence-corrected chi connectivity index (χ2v) is 7.54. The van der Waals surface area contributed by atoms with E-state index in [1.165, 1.54) is 12.8 Å². The predicted molar refractivity (Wildman–Crippen MR) is 101 cm³/mol. The number of nitrogens with one attached hydrogen (secondary N) is 1. The lowest BCUT2D eigenvalue weighted by atomic mass is 10.1. The van der Waals surface area contributed by atoms with Crippen LogP contribution in [0.3, 0.4) is 0 Å². The summed E-state index contributed by atoms with van der Waals surface area (Å²) < 4.78 is 2.13. The van der Waals surface area contributed by atoms with Gasteiger partial charge in [0.15, 0.2) is 5.82 Å². The molecule has 134 valence electrons. The Morgan fingerprint density at radius 1 is 1.35 bits per heavy atom.